The number of piperidine rings is 3. The molecule has 8 rings (SSSR count). The molecule has 0 N–H and O–H groups in total. The van der Waals surface area contributed by atoms with E-state index in [0.717, 1.165) is 87.2 Å². The van der Waals surface area contributed by atoms with Crippen LogP contribution in [0.15, 0.2) is 29.2 Å². The van der Waals surface area contributed by atoms with Gasteiger partial charge in [-0.15, -0.1) is 0 Å². The minimum absolute atomic E-state index is 0.0958. The summed E-state index contributed by atoms with van der Waals surface area (Å²) in [7, 11) is -4.02. The number of carbonyl (C=O) groups excluding carboxylic acids is 1. The van der Waals surface area contributed by atoms with Crippen molar-refractivity contribution in [3.63, 3.8) is 0 Å². The van der Waals surface area contributed by atoms with E-state index in [1.807, 2.05) is 0 Å². The van der Waals surface area contributed by atoms with E-state index in [1.54, 1.807) is 4.31 Å². The van der Waals surface area contributed by atoms with Crippen molar-refractivity contribution in [1.82, 2.24) is 9.21 Å². The van der Waals surface area contributed by atoms with E-state index in [0.29, 0.717) is 37.5 Å². The molecule has 4 bridgehead atoms. The summed E-state index contributed by atoms with van der Waals surface area (Å²) in [4.78, 5) is 15.3. The summed E-state index contributed by atoms with van der Waals surface area (Å²) in [6.45, 7) is 2.92. The van der Waals surface area contributed by atoms with Crippen molar-refractivity contribution in [2.24, 2.45) is 35.0 Å². The Labute approximate surface area is 260 Å². The van der Waals surface area contributed by atoms with Gasteiger partial charge in [0.25, 0.3) is 0 Å². The Morgan fingerprint density at radius 1 is 0.955 bits per heavy atom. The van der Waals surface area contributed by atoms with Gasteiger partial charge in [-0.05, 0) is 156 Å². The van der Waals surface area contributed by atoms with Gasteiger partial charge in [0.15, 0.2) is 0 Å². The fourth-order valence-electron chi connectivity index (χ4n) is 11.0. The first-order valence-corrected chi connectivity index (χ1v) is 18.5. The molecule has 3 saturated heterocycles. The van der Waals surface area contributed by atoms with E-state index < -0.39 is 21.8 Å². The zero-order valence-corrected chi connectivity index (χ0v) is 26.5. The van der Waals surface area contributed by atoms with Crippen LogP contribution in [0.2, 0.25) is 0 Å². The van der Waals surface area contributed by atoms with Gasteiger partial charge in [-0.3, -0.25) is 9.69 Å². The summed E-state index contributed by atoms with van der Waals surface area (Å²) >= 11 is 0. The van der Waals surface area contributed by atoms with Crippen molar-refractivity contribution >= 4 is 16.0 Å². The average molecular weight is 637 g/mol. The number of sulfonamides is 1. The first kappa shape index (κ1) is 31.0. The number of rotatable bonds is 9. The standard InChI is InChI=1S/C34H47F3N2O4S/c35-34(36,37)27-8-10-28(11-9-27)44(41,42)39-22-26-4-2-13-38-14-3-5-29(32(26)38)30(39)6-1-7-31(40)43-15-12-33-19-23-16-24(20-33)18-25(17-23)21-33/h8-11,23-26,29-30,32H,1-7,12-22H2/t23?,24?,25?,26-,29+,30+,32-,33?/m0/s1. The molecule has 244 valence electrons. The highest BCUT2D eigenvalue weighted by molar-refractivity contribution is 7.89. The minimum atomic E-state index is -4.53. The fourth-order valence-corrected chi connectivity index (χ4v) is 12.8. The summed E-state index contributed by atoms with van der Waals surface area (Å²) in [6, 6.07) is 3.94. The molecule has 3 heterocycles. The van der Waals surface area contributed by atoms with Gasteiger partial charge < -0.3 is 4.74 Å². The molecule has 0 spiro atoms. The third-order valence-corrected chi connectivity index (χ3v) is 14.3. The second-order valence-corrected chi connectivity index (χ2v) is 17.1. The number of hydrogen-bond donors (Lipinski definition) is 0. The number of hydrogen-bond acceptors (Lipinski definition) is 5. The third-order valence-electron chi connectivity index (χ3n) is 12.4. The molecule has 0 radical (unpaired) electrons. The van der Waals surface area contributed by atoms with E-state index in [4.69, 9.17) is 4.74 Å². The predicted octanol–water partition coefficient (Wildman–Crippen LogP) is 6.89. The molecule has 1 aromatic rings. The Balaban J connectivity index is 1.01. The van der Waals surface area contributed by atoms with Gasteiger partial charge in [0.2, 0.25) is 10.0 Å². The lowest BCUT2D eigenvalue weighted by molar-refractivity contribution is -0.146. The van der Waals surface area contributed by atoms with Crippen molar-refractivity contribution in [2.45, 2.75) is 113 Å². The minimum Gasteiger partial charge on any atom is -0.466 e. The van der Waals surface area contributed by atoms with Crippen LogP contribution in [0.1, 0.15) is 95.5 Å². The fraction of sp³-hybridized carbons (Fsp3) is 0.794. The molecule has 0 unspecified atom stereocenters. The van der Waals surface area contributed by atoms with E-state index in [-0.39, 0.29) is 35.2 Å². The SMILES string of the molecule is O=C(CCC[C@@H]1[C@H]2CCCN3CCC[C@@H](CN1S(=O)(=O)c1ccc(C(F)(F)F)cc1)[C@@H]23)OCCC12CC3CC(CC(C3)C1)C2. The van der Waals surface area contributed by atoms with Gasteiger partial charge in [-0.1, -0.05) is 0 Å². The second-order valence-electron chi connectivity index (χ2n) is 15.2. The summed E-state index contributed by atoms with van der Waals surface area (Å²) < 4.78 is 75.0. The van der Waals surface area contributed by atoms with Gasteiger partial charge in [-0.2, -0.15) is 17.5 Å². The van der Waals surface area contributed by atoms with Crippen LogP contribution in [-0.2, 0) is 25.7 Å². The van der Waals surface area contributed by atoms with E-state index in [1.165, 1.54) is 38.5 Å². The third kappa shape index (κ3) is 5.96. The lowest BCUT2D eigenvalue weighted by atomic mass is 9.49. The maximum absolute atomic E-state index is 14.0. The van der Waals surface area contributed by atoms with Crippen LogP contribution in [0.25, 0.3) is 0 Å². The molecule has 44 heavy (non-hydrogen) atoms. The van der Waals surface area contributed by atoms with Gasteiger partial charge in [0.05, 0.1) is 17.1 Å². The molecular weight excluding hydrogens is 589 g/mol. The normalized spacial score (nSPS) is 37.1. The molecule has 4 saturated carbocycles. The maximum Gasteiger partial charge on any atom is 0.416 e. The monoisotopic (exact) mass is 636 g/mol. The van der Waals surface area contributed by atoms with E-state index in [2.05, 4.69) is 4.90 Å². The number of ether oxygens (including phenoxy) is 1. The molecule has 4 aliphatic carbocycles. The van der Waals surface area contributed by atoms with Crippen molar-refractivity contribution in [1.29, 1.82) is 0 Å². The average Bonchev–Trinajstić information content (AvgIpc) is 2.97. The number of nitrogens with zero attached hydrogens (tertiary/aromatic N) is 2. The largest absolute Gasteiger partial charge is 0.466 e. The second kappa shape index (κ2) is 11.9. The Kier molecular flexibility index (Phi) is 8.35. The first-order chi connectivity index (χ1) is 21.0. The lowest BCUT2D eigenvalue weighted by Gasteiger charge is -2.57. The van der Waals surface area contributed by atoms with Crippen molar-refractivity contribution < 1.29 is 31.1 Å². The van der Waals surface area contributed by atoms with Crippen LogP contribution in [0, 0.1) is 35.0 Å². The zero-order chi connectivity index (χ0) is 30.7. The predicted molar refractivity (Wildman–Crippen MR) is 160 cm³/mol. The van der Waals surface area contributed by atoms with Crippen LogP contribution < -0.4 is 0 Å². The highest BCUT2D eigenvalue weighted by Gasteiger charge is 2.52. The van der Waals surface area contributed by atoms with Crippen LogP contribution in [0.5, 0.6) is 0 Å². The number of carbonyl (C=O) groups is 1. The Bertz CT molecular complexity index is 1280. The molecule has 7 fully saturated rings. The Morgan fingerprint density at radius 3 is 2.23 bits per heavy atom. The lowest BCUT2D eigenvalue weighted by Crippen LogP contribution is -2.65. The Hall–Kier alpha value is -1.65. The van der Waals surface area contributed by atoms with Crippen molar-refractivity contribution in [3.05, 3.63) is 29.8 Å². The molecule has 4 atom stereocenters. The molecule has 7 aliphatic rings. The van der Waals surface area contributed by atoms with Crippen molar-refractivity contribution in [3.8, 4) is 0 Å². The smallest absolute Gasteiger partial charge is 0.416 e. The summed E-state index contributed by atoms with van der Waals surface area (Å²) in [5.74, 6) is 2.77. The molecule has 10 heteroatoms. The van der Waals surface area contributed by atoms with Gasteiger partial charge in [0, 0.05) is 25.0 Å². The molecule has 0 aromatic heterocycles. The summed E-state index contributed by atoms with van der Waals surface area (Å²) in [5, 5.41) is 0. The van der Waals surface area contributed by atoms with E-state index >= 15 is 0 Å². The number of benzene rings is 1. The van der Waals surface area contributed by atoms with Crippen LogP contribution in [0.3, 0.4) is 0 Å². The van der Waals surface area contributed by atoms with Crippen molar-refractivity contribution in [2.75, 3.05) is 26.2 Å². The molecular formula is C34H47F3N2O4S. The molecule has 0 amide bonds. The van der Waals surface area contributed by atoms with Crippen LogP contribution in [0.4, 0.5) is 13.2 Å². The zero-order valence-electron chi connectivity index (χ0n) is 25.6. The summed E-state index contributed by atoms with van der Waals surface area (Å²) in [5.41, 5.74) is -0.489. The first-order valence-electron chi connectivity index (χ1n) is 17.1. The summed E-state index contributed by atoms with van der Waals surface area (Å²) in [6.07, 6.45) is 9.76. The van der Waals surface area contributed by atoms with E-state index in [9.17, 15) is 26.4 Å². The van der Waals surface area contributed by atoms with Crippen LogP contribution >= 0.6 is 0 Å². The number of alkyl halides is 3. The van der Waals surface area contributed by atoms with Gasteiger partial charge >= 0.3 is 12.1 Å². The molecule has 6 nitrogen and oxygen atoms in total. The Morgan fingerprint density at radius 2 is 1.59 bits per heavy atom. The van der Waals surface area contributed by atoms with Gasteiger partial charge in [0.1, 0.15) is 0 Å². The molecule has 1 aromatic carbocycles. The molecule has 3 aliphatic heterocycles. The maximum atomic E-state index is 14.0. The van der Waals surface area contributed by atoms with Crippen LogP contribution in [-0.4, -0.2) is 61.9 Å². The number of halogens is 3. The van der Waals surface area contributed by atoms with Gasteiger partial charge in [-0.25, -0.2) is 8.42 Å². The topological polar surface area (TPSA) is 66.9 Å². The highest BCUT2D eigenvalue weighted by Crippen LogP contribution is 2.61. The quantitative estimate of drug-likeness (QED) is 0.276. The number of esters is 1. The highest BCUT2D eigenvalue weighted by atomic mass is 32.2.